The van der Waals surface area contributed by atoms with Gasteiger partial charge >= 0.3 is 0 Å². The van der Waals surface area contributed by atoms with Crippen molar-refractivity contribution in [3.63, 3.8) is 0 Å². The van der Waals surface area contributed by atoms with Crippen LogP contribution in [0.3, 0.4) is 0 Å². The number of nitrogens with two attached hydrogens (primary N) is 1. The van der Waals surface area contributed by atoms with Gasteiger partial charge in [-0.05, 0) is 6.92 Å². The average molecular weight is 115 g/mol. The lowest BCUT2D eigenvalue weighted by Gasteiger charge is -1.88. The summed E-state index contributed by atoms with van der Waals surface area (Å²) in [7, 11) is 0. The largest absolute Gasteiger partial charge is 0.389 e. The predicted molar refractivity (Wildman–Crippen MR) is 30.0 cm³/mol. The van der Waals surface area contributed by atoms with Gasteiger partial charge in [0.05, 0.1) is 6.10 Å². The SMILES string of the molecule is CC(O)/C=C\C(N)=O. The molecule has 0 heterocycles. The van der Waals surface area contributed by atoms with E-state index in [-0.39, 0.29) is 0 Å². The van der Waals surface area contributed by atoms with Crippen LogP contribution in [0.2, 0.25) is 0 Å². The molecule has 1 atom stereocenters. The molecule has 0 radical (unpaired) electrons. The summed E-state index contributed by atoms with van der Waals surface area (Å²) in [6.45, 7) is 1.54. The van der Waals surface area contributed by atoms with E-state index in [1.165, 1.54) is 6.08 Å². The molecule has 3 heteroatoms. The van der Waals surface area contributed by atoms with E-state index in [1.807, 2.05) is 0 Å². The number of amides is 1. The van der Waals surface area contributed by atoms with E-state index >= 15 is 0 Å². The quantitative estimate of drug-likeness (QED) is 0.472. The van der Waals surface area contributed by atoms with E-state index < -0.39 is 12.0 Å². The zero-order valence-electron chi connectivity index (χ0n) is 4.66. The number of hydrogen-bond acceptors (Lipinski definition) is 2. The van der Waals surface area contributed by atoms with Crippen molar-refractivity contribution in [3.8, 4) is 0 Å². The molecule has 0 aliphatic carbocycles. The van der Waals surface area contributed by atoms with Crippen LogP contribution in [0.4, 0.5) is 0 Å². The van der Waals surface area contributed by atoms with Crippen molar-refractivity contribution in [2.24, 2.45) is 5.73 Å². The van der Waals surface area contributed by atoms with Gasteiger partial charge in [0.1, 0.15) is 0 Å². The van der Waals surface area contributed by atoms with Gasteiger partial charge in [0.25, 0.3) is 0 Å². The minimum atomic E-state index is -0.595. The second-order valence-electron chi connectivity index (χ2n) is 1.50. The van der Waals surface area contributed by atoms with Gasteiger partial charge in [0.2, 0.25) is 5.91 Å². The Labute approximate surface area is 47.8 Å². The Hall–Kier alpha value is -0.830. The van der Waals surface area contributed by atoms with Crippen LogP contribution in [-0.2, 0) is 4.79 Å². The maximum absolute atomic E-state index is 9.93. The van der Waals surface area contributed by atoms with Crippen molar-refractivity contribution >= 4 is 5.91 Å². The van der Waals surface area contributed by atoms with Crippen LogP contribution in [0.5, 0.6) is 0 Å². The van der Waals surface area contributed by atoms with Crippen LogP contribution in [0.25, 0.3) is 0 Å². The first kappa shape index (κ1) is 7.17. The van der Waals surface area contributed by atoms with Crippen LogP contribution in [0.1, 0.15) is 6.92 Å². The minimum Gasteiger partial charge on any atom is -0.389 e. The third-order valence-corrected chi connectivity index (χ3v) is 0.539. The molecular formula is C5H9NO2. The molecule has 1 amide bonds. The number of aliphatic hydroxyl groups excluding tert-OH is 1. The van der Waals surface area contributed by atoms with Crippen LogP contribution >= 0.6 is 0 Å². The summed E-state index contributed by atoms with van der Waals surface area (Å²) in [6, 6.07) is 0. The molecule has 8 heavy (non-hydrogen) atoms. The van der Waals surface area contributed by atoms with Crippen molar-refractivity contribution in [2.45, 2.75) is 13.0 Å². The lowest BCUT2D eigenvalue weighted by molar-refractivity contribution is -0.113. The fraction of sp³-hybridized carbons (Fsp3) is 0.400. The zero-order valence-corrected chi connectivity index (χ0v) is 4.66. The second kappa shape index (κ2) is 3.21. The summed E-state index contributed by atoms with van der Waals surface area (Å²) in [5, 5.41) is 8.51. The molecule has 0 rings (SSSR count). The smallest absolute Gasteiger partial charge is 0.241 e. The molecule has 0 aromatic rings. The summed E-state index contributed by atoms with van der Waals surface area (Å²) in [4.78, 5) is 9.93. The standard InChI is InChI=1S/C5H9NO2/c1-4(7)2-3-5(6)8/h2-4,7H,1H3,(H2,6,8)/b3-2-. The highest BCUT2D eigenvalue weighted by atomic mass is 16.3. The molecule has 0 spiro atoms. The van der Waals surface area contributed by atoms with Gasteiger partial charge in [0.15, 0.2) is 0 Å². The molecule has 0 aromatic heterocycles. The molecular weight excluding hydrogens is 106 g/mol. The fourth-order valence-corrected chi connectivity index (χ4v) is 0.234. The van der Waals surface area contributed by atoms with Crippen molar-refractivity contribution in [1.82, 2.24) is 0 Å². The van der Waals surface area contributed by atoms with E-state index in [2.05, 4.69) is 0 Å². The molecule has 1 unspecified atom stereocenters. The first-order valence-corrected chi connectivity index (χ1v) is 2.28. The number of primary amides is 1. The normalized spacial score (nSPS) is 14.2. The molecule has 0 aliphatic rings. The molecule has 46 valence electrons. The highest BCUT2D eigenvalue weighted by Crippen LogP contribution is 1.79. The maximum Gasteiger partial charge on any atom is 0.241 e. The first-order valence-electron chi connectivity index (χ1n) is 2.28. The summed E-state index contributed by atoms with van der Waals surface area (Å²) in [5.41, 5.74) is 4.70. The molecule has 3 N–H and O–H groups in total. The number of rotatable bonds is 2. The van der Waals surface area contributed by atoms with E-state index in [4.69, 9.17) is 10.8 Å². The number of aliphatic hydroxyl groups is 1. The third-order valence-electron chi connectivity index (χ3n) is 0.539. The van der Waals surface area contributed by atoms with Gasteiger partial charge in [-0.3, -0.25) is 4.79 Å². The Bertz CT molecular complexity index is 107. The second-order valence-corrected chi connectivity index (χ2v) is 1.50. The molecule has 0 saturated carbocycles. The molecule has 0 aromatic carbocycles. The average Bonchev–Trinajstić information content (AvgIpc) is 1.61. The number of hydrogen-bond donors (Lipinski definition) is 2. The maximum atomic E-state index is 9.93. The number of carbonyl (C=O) groups is 1. The van der Waals surface area contributed by atoms with Crippen LogP contribution in [-0.4, -0.2) is 17.1 Å². The Morgan fingerprint density at radius 1 is 1.88 bits per heavy atom. The summed E-state index contributed by atoms with van der Waals surface area (Å²) < 4.78 is 0. The van der Waals surface area contributed by atoms with Gasteiger partial charge in [-0.2, -0.15) is 0 Å². The Balaban J connectivity index is 3.50. The summed E-state index contributed by atoms with van der Waals surface area (Å²) in [5.74, 6) is -0.536. The van der Waals surface area contributed by atoms with Crippen molar-refractivity contribution in [3.05, 3.63) is 12.2 Å². The molecule has 0 aliphatic heterocycles. The van der Waals surface area contributed by atoms with Crippen molar-refractivity contribution in [1.29, 1.82) is 0 Å². The third kappa shape index (κ3) is 5.17. The summed E-state index contributed by atoms with van der Waals surface area (Å²) in [6.07, 6.45) is 1.86. The van der Waals surface area contributed by atoms with Gasteiger partial charge in [0, 0.05) is 6.08 Å². The van der Waals surface area contributed by atoms with Gasteiger partial charge in [-0.25, -0.2) is 0 Å². The lowest BCUT2D eigenvalue weighted by Crippen LogP contribution is -2.07. The van der Waals surface area contributed by atoms with Crippen molar-refractivity contribution in [2.75, 3.05) is 0 Å². The summed E-state index contributed by atoms with van der Waals surface area (Å²) >= 11 is 0. The first-order chi connectivity index (χ1) is 3.63. The van der Waals surface area contributed by atoms with Gasteiger partial charge < -0.3 is 10.8 Å². The van der Waals surface area contributed by atoms with Gasteiger partial charge in [-0.1, -0.05) is 6.08 Å². The van der Waals surface area contributed by atoms with E-state index in [0.717, 1.165) is 6.08 Å². The molecule has 0 fully saturated rings. The Morgan fingerprint density at radius 2 is 2.38 bits per heavy atom. The topological polar surface area (TPSA) is 63.3 Å². The van der Waals surface area contributed by atoms with Crippen LogP contribution < -0.4 is 5.73 Å². The predicted octanol–water partition coefficient (Wildman–Crippen LogP) is -0.591. The zero-order chi connectivity index (χ0) is 6.57. The lowest BCUT2D eigenvalue weighted by atomic mass is 10.3. The molecule has 0 saturated heterocycles. The van der Waals surface area contributed by atoms with Crippen molar-refractivity contribution < 1.29 is 9.90 Å². The minimum absolute atomic E-state index is 0.536. The molecule has 3 nitrogen and oxygen atoms in total. The van der Waals surface area contributed by atoms with Crippen LogP contribution in [0.15, 0.2) is 12.2 Å². The highest BCUT2D eigenvalue weighted by molar-refractivity contribution is 5.85. The number of carbonyl (C=O) groups excluding carboxylic acids is 1. The Kier molecular flexibility index (Phi) is 2.88. The van der Waals surface area contributed by atoms with Crippen LogP contribution in [0, 0.1) is 0 Å². The Morgan fingerprint density at radius 3 is 2.50 bits per heavy atom. The highest BCUT2D eigenvalue weighted by Gasteiger charge is 1.85. The van der Waals surface area contributed by atoms with E-state index in [9.17, 15) is 4.79 Å². The van der Waals surface area contributed by atoms with E-state index in [1.54, 1.807) is 6.92 Å². The fourth-order valence-electron chi connectivity index (χ4n) is 0.234. The van der Waals surface area contributed by atoms with Gasteiger partial charge in [-0.15, -0.1) is 0 Å². The molecule has 0 bridgehead atoms. The van der Waals surface area contributed by atoms with E-state index in [0.29, 0.717) is 0 Å². The monoisotopic (exact) mass is 115 g/mol.